The molecule has 0 spiro atoms. The molecule has 2 aromatic rings. The molecule has 1 fully saturated rings. The quantitative estimate of drug-likeness (QED) is 0.713. The Kier molecular flexibility index (Phi) is 11.3. The zero-order valence-corrected chi connectivity index (χ0v) is 20.6. The van der Waals surface area contributed by atoms with Crippen LogP contribution in [0.25, 0.3) is 0 Å². The number of rotatable bonds is 4. The highest BCUT2D eigenvalue weighted by Gasteiger charge is 2.27. The average molecular weight is 488 g/mol. The van der Waals surface area contributed by atoms with Gasteiger partial charge >= 0.3 is 0 Å². The number of carbonyl (C=O) groups is 1. The van der Waals surface area contributed by atoms with E-state index in [9.17, 15) is 4.79 Å². The first-order chi connectivity index (χ1) is 13.6. The molecule has 31 heavy (non-hydrogen) atoms. The number of amides is 1. The lowest BCUT2D eigenvalue weighted by Crippen LogP contribution is -2.47. The summed E-state index contributed by atoms with van der Waals surface area (Å²) in [5, 5.41) is 3.20. The molecule has 0 bridgehead atoms. The van der Waals surface area contributed by atoms with Crippen LogP contribution >= 0.6 is 37.2 Å². The maximum atomic E-state index is 12.7. The Morgan fingerprint density at radius 1 is 0.903 bits per heavy atom. The van der Waals surface area contributed by atoms with E-state index in [1.807, 2.05) is 6.07 Å². The summed E-state index contributed by atoms with van der Waals surface area (Å²) >= 11 is 0. The summed E-state index contributed by atoms with van der Waals surface area (Å²) in [5.74, 6) is 0.423. The minimum atomic E-state index is 0. The predicted octanol–water partition coefficient (Wildman–Crippen LogP) is 3.72. The Bertz CT molecular complexity index is 829. The number of fused-ring (bicyclic) bond motifs is 1. The van der Waals surface area contributed by atoms with Gasteiger partial charge in [0.05, 0.1) is 6.54 Å². The molecule has 2 aliphatic heterocycles. The average Bonchev–Trinajstić information content (AvgIpc) is 2.70. The minimum Gasteiger partial charge on any atom is -0.325 e. The van der Waals surface area contributed by atoms with E-state index >= 15 is 0 Å². The van der Waals surface area contributed by atoms with Gasteiger partial charge in [0.15, 0.2) is 0 Å². The third-order valence-electron chi connectivity index (χ3n) is 5.95. The monoisotopic (exact) mass is 486 g/mol. The van der Waals surface area contributed by atoms with Crippen molar-refractivity contribution in [2.75, 3.05) is 58.7 Å². The van der Waals surface area contributed by atoms with Crippen LogP contribution in [0.4, 0.5) is 5.69 Å². The van der Waals surface area contributed by atoms with Crippen LogP contribution in [0.2, 0.25) is 0 Å². The Balaban J connectivity index is 0.00000160. The second kappa shape index (κ2) is 12.6. The topological polar surface area (TPSA) is 38.8 Å². The van der Waals surface area contributed by atoms with Crippen LogP contribution in [0.1, 0.15) is 22.6 Å². The molecule has 0 aliphatic carbocycles. The highest BCUT2D eigenvalue weighted by Crippen LogP contribution is 2.36. The number of likely N-dealkylation sites (N-methyl/N-ethyl adjacent to an activating group) is 2. The molecule has 1 saturated heterocycles. The smallest absolute Gasteiger partial charge is 0.238 e. The van der Waals surface area contributed by atoms with Crippen molar-refractivity contribution in [3.8, 4) is 0 Å². The molecule has 4 rings (SSSR count). The molecular formula is C23H33Cl3N4O. The van der Waals surface area contributed by atoms with E-state index in [0.29, 0.717) is 12.5 Å². The summed E-state index contributed by atoms with van der Waals surface area (Å²) in [5.41, 5.74) is 4.87. The molecule has 1 atom stereocenters. The Hall–Kier alpha value is -1.34. The van der Waals surface area contributed by atoms with Crippen LogP contribution in [0.5, 0.6) is 0 Å². The molecule has 5 nitrogen and oxygen atoms in total. The number of anilines is 1. The zero-order chi connectivity index (χ0) is 19.5. The van der Waals surface area contributed by atoms with Crippen LogP contribution in [-0.4, -0.2) is 74.0 Å². The van der Waals surface area contributed by atoms with E-state index in [2.05, 4.69) is 76.6 Å². The number of hydrogen-bond acceptors (Lipinski definition) is 4. The Morgan fingerprint density at radius 3 is 2.26 bits per heavy atom. The molecule has 1 unspecified atom stereocenters. The summed E-state index contributed by atoms with van der Waals surface area (Å²) in [6, 6.07) is 17.0. The van der Waals surface area contributed by atoms with Gasteiger partial charge in [0.25, 0.3) is 0 Å². The summed E-state index contributed by atoms with van der Waals surface area (Å²) in [4.78, 5) is 19.6. The number of hydrogen-bond donors (Lipinski definition) is 1. The van der Waals surface area contributed by atoms with Crippen molar-refractivity contribution in [3.63, 3.8) is 0 Å². The highest BCUT2D eigenvalue weighted by atomic mass is 35.5. The van der Waals surface area contributed by atoms with Crippen molar-refractivity contribution in [1.82, 2.24) is 14.7 Å². The molecule has 8 heteroatoms. The Labute approximate surface area is 204 Å². The number of nitrogens with one attached hydrogen (secondary N) is 1. The van der Waals surface area contributed by atoms with E-state index in [0.717, 1.165) is 45.0 Å². The first kappa shape index (κ1) is 27.7. The maximum Gasteiger partial charge on any atom is 0.238 e. The van der Waals surface area contributed by atoms with Gasteiger partial charge in [-0.1, -0.05) is 42.5 Å². The van der Waals surface area contributed by atoms with Crippen LogP contribution in [0.3, 0.4) is 0 Å². The van der Waals surface area contributed by atoms with Crippen molar-refractivity contribution in [2.45, 2.75) is 12.5 Å². The van der Waals surface area contributed by atoms with Gasteiger partial charge in [-0.05, 0) is 36.9 Å². The van der Waals surface area contributed by atoms with Gasteiger partial charge < -0.3 is 15.1 Å². The van der Waals surface area contributed by atoms with E-state index < -0.39 is 0 Å². The molecule has 0 aromatic heterocycles. The highest BCUT2D eigenvalue weighted by molar-refractivity contribution is 5.93. The summed E-state index contributed by atoms with van der Waals surface area (Å²) < 4.78 is 0. The Morgan fingerprint density at radius 2 is 1.58 bits per heavy atom. The summed E-state index contributed by atoms with van der Waals surface area (Å²) in [6.45, 7) is 6.29. The third-order valence-corrected chi connectivity index (χ3v) is 5.95. The van der Waals surface area contributed by atoms with Gasteiger partial charge in [-0.3, -0.25) is 9.69 Å². The predicted molar refractivity (Wildman–Crippen MR) is 135 cm³/mol. The van der Waals surface area contributed by atoms with Crippen molar-refractivity contribution in [1.29, 1.82) is 0 Å². The van der Waals surface area contributed by atoms with Crippen LogP contribution in [0, 0.1) is 0 Å². The van der Waals surface area contributed by atoms with Crippen molar-refractivity contribution < 1.29 is 4.79 Å². The molecule has 2 heterocycles. The van der Waals surface area contributed by atoms with E-state index in [4.69, 9.17) is 0 Å². The molecular weight excluding hydrogens is 455 g/mol. The van der Waals surface area contributed by atoms with Gasteiger partial charge in [0.2, 0.25) is 5.91 Å². The van der Waals surface area contributed by atoms with Crippen molar-refractivity contribution >= 4 is 48.8 Å². The standard InChI is InChI=1S/C23H30N4O.3ClH/c1-25-11-13-27(14-12-25)17-23(28)24-22-10-6-9-19-20(15-26(2)16-21(19)22)18-7-4-3-5-8-18;;;/h3-10,20H,11-17H2,1-2H3,(H,24,28);3*1H. The fourth-order valence-corrected chi connectivity index (χ4v) is 4.34. The van der Waals surface area contributed by atoms with Crippen LogP contribution < -0.4 is 5.32 Å². The van der Waals surface area contributed by atoms with E-state index in [1.54, 1.807) is 0 Å². The van der Waals surface area contributed by atoms with Gasteiger partial charge in [0, 0.05) is 50.9 Å². The van der Waals surface area contributed by atoms with Gasteiger partial charge in [-0.15, -0.1) is 37.2 Å². The van der Waals surface area contributed by atoms with Gasteiger partial charge in [-0.2, -0.15) is 0 Å². The fourth-order valence-electron chi connectivity index (χ4n) is 4.34. The number of piperazine rings is 1. The molecule has 2 aliphatic rings. The number of benzene rings is 2. The van der Waals surface area contributed by atoms with E-state index in [1.165, 1.54) is 16.7 Å². The summed E-state index contributed by atoms with van der Waals surface area (Å²) in [7, 11) is 4.29. The van der Waals surface area contributed by atoms with Gasteiger partial charge in [0.1, 0.15) is 0 Å². The first-order valence-corrected chi connectivity index (χ1v) is 10.2. The lowest BCUT2D eigenvalue weighted by atomic mass is 9.84. The second-order valence-electron chi connectivity index (χ2n) is 8.16. The SMILES string of the molecule is CN1CCN(CC(=O)Nc2cccc3c2CN(C)CC3c2ccccc2)CC1.Cl.Cl.Cl. The molecule has 0 saturated carbocycles. The fraction of sp³-hybridized carbons (Fsp3) is 0.435. The largest absolute Gasteiger partial charge is 0.325 e. The first-order valence-electron chi connectivity index (χ1n) is 10.2. The molecule has 172 valence electrons. The van der Waals surface area contributed by atoms with Crippen molar-refractivity contribution in [3.05, 3.63) is 65.2 Å². The second-order valence-corrected chi connectivity index (χ2v) is 8.16. The van der Waals surface area contributed by atoms with Crippen molar-refractivity contribution in [2.24, 2.45) is 0 Å². The van der Waals surface area contributed by atoms with E-state index in [-0.39, 0.29) is 43.1 Å². The molecule has 2 aromatic carbocycles. The zero-order valence-electron chi connectivity index (χ0n) is 18.1. The lowest BCUT2D eigenvalue weighted by Gasteiger charge is -2.34. The third kappa shape index (κ3) is 6.82. The normalized spacial score (nSPS) is 19.2. The molecule has 0 radical (unpaired) electrons. The van der Waals surface area contributed by atoms with Crippen LogP contribution in [0.15, 0.2) is 48.5 Å². The molecule has 1 N–H and O–H groups in total. The lowest BCUT2D eigenvalue weighted by molar-refractivity contribution is -0.117. The number of nitrogens with zero attached hydrogens (tertiary/aromatic N) is 3. The number of carbonyl (C=O) groups excluding carboxylic acids is 1. The van der Waals surface area contributed by atoms with Gasteiger partial charge in [-0.25, -0.2) is 0 Å². The van der Waals surface area contributed by atoms with Crippen LogP contribution in [-0.2, 0) is 11.3 Å². The summed E-state index contributed by atoms with van der Waals surface area (Å²) in [6.07, 6.45) is 0. The maximum absolute atomic E-state index is 12.7. The number of halogens is 3. The molecule has 1 amide bonds. The minimum absolute atomic E-state index is 0.